The summed E-state index contributed by atoms with van der Waals surface area (Å²) in [5.41, 5.74) is 3.69. The lowest BCUT2D eigenvalue weighted by molar-refractivity contribution is -0.127. The van der Waals surface area contributed by atoms with Gasteiger partial charge in [-0.15, -0.1) is 6.58 Å². The van der Waals surface area contributed by atoms with Gasteiger partial charge in [-0.2, -0.15) is 4.73 Å². The van der Waals surface area contributed by atoms with Crippen LogP contribution >= 0.6 is 0 Å². The maximum Gasteiger partial charge on any atom is 0.224 e. The molecule has 33 heavy (non-hydrogen) atoms. The van der Waals surface area contributed by atoms with Crippen molar-refractivity contribution in [2.45, 2.75) is 38.1 Å². The van der Waals surface area contributed by atoms with Gasteiger partial charge in [0.15, 0.2) is 0 Å². The molecule has 1 aliphatic carbocycles. The zero-order valence-corrected chi connectivity index (χ0v) is 20.2. The summed E-state index contributed by atoms with van der Waals surface area (Å²) in [5.74, 6) is 0.473. The van der Waals surface area contributed by atoms with Gasteiger partial charge in [-0.3, -0.25) is 14.7 Å². The minimum absolute atomic E-state index is 0.0163. The van der Waals surface area contributed by atoms with Gasteiger partial charge < -0.3 is 15.1 Å². The Morgan fingerprint density at radius 2 is 2.24 bits per heavy atom. The normalized spacial score (nSPS) is 22.6. The lowest BCUT2D eigenvalue weighted by Crippen LogP contribution is -2.53. The van der Waals surface area contributed by atoms with E-state index in [-0.39, 0.29) is 11.8 Å². The SMILES string of the molecule is C=CCN1C[C@H](C(=O)NCCCN(C)C)C[C@@H]2c3cccc4c3c(cn4O/C=N/CC)C[C@H]21. The molecule has 178 valence electrons. The Morgan fingerprint density at radius 1 is 1.39 bits per heavy atom. The molecule has 4 rings (SSSR count). The van der Waals surface area contributed by atoms with Gasteiger partial charge in [0.2, 0.25) is 12.3 Å². The molecule has 0 unspecified atom stereocenters. The zero-order chi connectivity index (χ0) is 23.4. The minimum Gasteiger partial charge on any atom is -0.363 e. The molecule has 2 aromatic rings. The fourth-order valence-corrected chi connectivity index (χ4v) is 5.44. The topological polar surface area (TPSA) is 62.1 Å². The molecule has 7 nitrogen and oxygen atoms in total. The number of aliphatic imine (C=N–C) groups is 1. The maximum atomic E-state index is 13.1. The van der Waals surface area contributed by atoms with Crippen molar-refractivity contribution < 1.29 is 9.63 Å². The Bertz CT molecular complexity index is 1010. The van der Waals surface area contributed by atoms with Crippen LogP contribution in [0.15, 0.2) is 42.0 Å². The van der Waals surface area contributed by atoms with E-state index in [1.165, 1.54) is 22.9 Å². The van der Waals surface area contributed by atoms with Gasteiger partial charge in [0, 0.05) is 49.7 Å². The van der Waals surface area contributed by atoms with E-state index < -0.39 is 0 Å². The summed E-state index contributed by atoms with van der Waals surface area (Å²) in [6.45, 7) is 9.93. The van der Waals surface area contributed by atoms with E-state index in [2.05, 4.69) is 65.2 Å². The van der Waals surface area contributed by atoms with E-state index >= 15 is 0 Å². The second-order valence-electron chi connectivity index (χ2n) is 9.43. The fourth-order valence-electron chi connectivity index (χ4n) is 5.44. The van der Waals surface area contributed by atoms with Crippen LogP contribution in [0.25, 0.3) is 10.9 Å². The van der Waals surface area contributed by atoms with E-state index in [9.17, 15) is 4.79 Å². The third kappa shape index (κ3) is 4.99. The van der Waals surface area contributed by atoms with Crippen LogP contribution in [0.2, 0.25) is 0 Å². The Morgan fingerprint density at radius 3 is 3.00 bits per heavy atom. The molecule has 1 amide bonds. The highest BCUT2D eigenvalue weighted by molar-refractivity contribution is 5.89. The molecular weight excluding hydrogens is 414 g/mol. The molecule has 7 heteroatoms. The Labute approximate surface area is 197 Å². The highest BCUT2D eigenvalue weighted by atomic mass is 16.7. The second kappa shape index (κ2) is 10.5. The Hall–Kier alpha value is -2.64. The zero-order valence-electron chi connectivity index (χ0n) is 20.2. The molecule has 0 spiro atoms. The third-order valence-electron chi connectivity index (χ3n) is 6.90. The number of aromatic nitrogens is 1. The number of nitrogens with one attached hydrogen (secondary N) is 1. The van der Waals surface area contributed by atoms with Crippen molar-refractivity contribution >= 4 is 23.2 Å². The largest absolute Gasteiger partial charge is 0.363 e. The number of hydrogen-bond acceptors (Lipinski definition) is 5. The number of amides is 1. The molecular formula is C26H37N5O2. The molecule has 1 aromatic heterocycles. The van der Waals surface area contributed by atoms with Crippen LogP contribution < -0.4 is 10.2 Å². The predicted molar refractivity (Wildman–Crippen MR) is 134 cm³/mol. The van der Waals surface area contributed by atoms with Crippen molar-refractivity contribution in [2.75, 3.05) is 46.8 Å². The average molecular weight is 452 g/mol. The van der Waals surface area contributed by atoms with Gasteiger partial charge in [0.05, 0.1) is 11.4 Å². The average Bonchev–Trinajstić information content (AvgIpc) is 3.16. The van der Waals surface area contributed by atoms with Crippen LogP contribution in [-0.4, -0.2) is 79.7 Å². The molecule has 1 fully saturated rings. The number of nitrogens with zero attached hydrogens (tertiary/aromatic N) is 4. The molecule has 0 bridgehead atoms. The Kier molecular flexibility index (Phi) is 7.50. The number of likely N-dealkylation sites (tertiary alicyclic amines) is 1. The van der Waals surface area contributed by atoms with E-state index in [1.54, 1.807) is 0 Å². The van der Waals surface area contributed by atoms with Crippen LogP contribution in [0, 0.1) is 5.92 Å². The smallest absolute Gasteiger partial charge is 0.224 e. The van der Waals surface area contributed by atoms with E-state index in [0.717, 1.165) is 51.0 Å². The number of carbonyl (C=O) groups is 1. The summed E-state index contributed by atoms with van der Waals surface area (Å²) in [7, 11) is 4.12. The van der Waals surface area contributed by atoms with Crippen molar-refractivity contribution in [3.63, 3.8) is 0 Å². The second-order valence-corrected chi connectivity index (χ2v) is 9.43. The van der Waals surface area contributed by atoms with E-state index in [4.69, 9.17) is 4.84 Å². The highest BCUT2D eigenvalue weighted by Gasteiger charge is 2.42. The van der Waals surface area contributed by atoms with Crippen LogP contribution in [0.3, 0.4) is 0 Å². The van der Waals surface area contributed by atoms with Crippen LogP contribution in [0.4, 0.5) is 0 Å². The fraction of sp³-hybridized carbons (Fsp3) is 0.538. The molecule has 1 N–H and O–H groups in total. The number of piperidine rings is 1. The van der Waals surface area contributed by atoms with Gasteiger partial charge in [-0.1, -0.05) is 18.2 Å². The maximum absolute atomic E-state index is 13.1. The number of rotatable bonds is 10. The first kappa shape index (κ1) is 23.5. The summed E-state index contributed by atoms with van der Waals surface area (Å²) in [4.78, 5) is 27.7. The van der Waals surface area contributed by atoms with Crippen molar-refractivity contribution in [1.82, 2.24) is 19.8 Å². The lowest BCUT2D eigenvalue weighted by Gasteiger charge is -2.46. The third-order valence-corrected chi connectivity index (χ3v) is 6.90. The highest BCUT2D eigenvalue weighted by Crippen LogP contribution is 2.45. The lowest BCUT2D eigenvalue weighted by atomic mass is 9.72. The molecule has 2 heterocycles. The molecule has 3 atom stereocenters. The minimum atomic E-state index is -0.0163. The summed E-state index contributed by atoms with van der Waals surface area (Å²) < 4.78 is 1.83. The Balaban J connectivity index is 1.59. The molecule has 2 aliphatic rings. The summed E-state index contributed by atoms with van der Waals surface area (Å²) in [6, 6.07) is 6.79. The molecule has 0 saturated carbocycles. The number of hydrogen-bond donors (Lipinski definition) is 1. The number of carbonyl (C=O) groups excluding carboxylic acids is 1. The van der Waals surface area contributed by atoms with Crippen LogP contribution in [-0.2, 0) is 11.2 Å². The van der Waals surface area contributed by atoms with Crippen molar-refractivity contribution in [3.05, 3.63) is 48.2 Å². The predicted octanol–water partition coefficient (Wildman–Crippen LogP) is 2.70. The summed E-state index contributed by atoms with van der Waals surface area (Å²) in [6.07, 6.45) is 8.36. The van der Waals surface area contributed by atoms with Crippen molar-refractivity contribution in [1.29, 1.82) is 0 Å². The summed E-state index contributed by atoms with van der Waals surface area (Å²) in [5, 5.41) is 4.46. The van der Waals surface area contributed by atoms with Gasteiger partial charge in [-0.05, 0) is 64.0 Å². The molecule has 1 saturated heterocycles. The molecule has 0 radical (unpaired) electrons. The number of fused-ring (bicyclic) bond motifs is 2. The van der Waals surface area contributed by atoms with Crippen LogP contribution in [0.5, 0.6) is 0 Å². The van der Waals surface area contributed by atoms with Crippen LogP contribution in [0.1, 0.15) is 36.8 Å². The van der Waals surface area contributed by atoms with E-state index in [0.29, 0.717) is 18.5 Å². The number of benzene rings is 1. The molecule has 1 aromatic carbocycles. The molecule has 1 aliphatic heterocycles. The van der Waals surface area contributed by atoms with E-state index in [1.807, 2.05) is 17.7 Å². The first-order valence-corrected chi connectivity index (χ1v) is 12.1. The monoisotopic (exact) mass is 451 g/mol. The standard InChI is InChI=1S/C26H37N5O2/c1-5-12-30-16-20(26(32)28-11-8-13-29(3)4)14-22-21-9-7-10-23-25(21)19(15-24(22)30)17-31(23)33-18-27-6-2/h5,7,9-10,17-18,20,22,24H,1,6,8,11-16H2,2-4H3,(H,28,32)/b27-18+/t20-,22-,24-/m1/s1. The van der Waals surface area contributed by atoms with Crippen molar-refractivity contribution in [3.8, 4) is 0 Å². The van der Waals surface area contributed by atoms with Gasteiger partial charge >= 0.3 is 0 Å². The van der Waals surface area contributed by atoms with Gasteiger partial charge in [-0.25, -0.2) is 0 Å². The summed E-state index contributed by atoms with van der Waals surface area (Å²) >= 11 is 0. The van der Waals surface area contributed by atoms with Gasteiger partial charge in [0.25, 0.3) is 0 Å². The van der Waals surface area contributed by atoms with Gasteiger partial charge in [0.1, 0.15) is 0 Å². The quantitative estimate of drug-likeness (QED) is 0.261. The van der Waals surface area contributed by atoms with Crippen molar-refractivity contribution in [2.24, 2.45) is 10.9 Å². The first-order chi connectivity index (χ1) is 16.0. The first-order valence-electron chi connectivity index (χ1n) is 12.1.